The monoisotopic (exact) mass is 348 g/mol. The number of alkyl halides is 3. The molecule has 0 aromatic heterocycles. The Balaban J connectivity index is 0.000000351. The number of ether oxygens (including phenoxy) is 1. The number of carboxylic acid groups (broad SMARTS) is 1. The predicted molar refractivity (Wildman–Crippen MR) is 79.5 cm³/mol. The second kappa shape index (κ2) is 8.53. The summed E-state index contributed by atoms with van der Waals surface area (Å²) in [6, 6.07) is 6.35. The fourth-order valence-electron chi connectivity index (χ4n) is 2.09. The van der Waals surface area contributed by atoms with E-state index in [-0.39, 0.29) is 6.04 Å². The molecule has 0 bridgehead atoms. The first-order chi connectivity index (χ1) is 11.1. The lowest BCUT2D eigenvalue weighted by Gasteiger charge is -2.20. The molecule has 24 heavy (non-hydrogen) atoms. The number of carbonyl (C=O) groups excluding carboxylic acids is 1. The number of rotatable bonds is 2. The topological polar surface area (TPSA) is 87.7 Å². The first kappa shape index (κ1) is 19.8. The molecule has 0 fully saturated rings. The highest BCUT2D eigenvalue weighted by Gasteiger charge is 2.38. The third kappa shape index (κ3) is 6.07. The summed E-state index contributed by atoms with van der Waals surface area (Å²) in [5, 5.41) is 13.2. The van der Waals surface area contributed by atoms with Gasteiger partial charge in [0.15, 0.2) is 0 Å². The maximum atomic E-state index is 11.1. The maximum absolute atomic E-state index is 11.1. The van der Waals surface area contributed by atoms with Gasteiger partial charge < -0.3 is 20.5 Å². The molecule has 0 saturated carbocycles. The SMILES string of the molecule is COC(=O)NC(C)c1ccc2c(c1)CCNC2.O=C(O)C(F)(F)F. The summed E-state index contributed by atoms with van der Waals surface area (Å²) in [5.74, 6) is -2.76. The molecule has 0 spiro atoms. The molecule has 0 radical (unpaired) electrons. The number of amides is 1. The summed E-state index contributed by atoms with van der Waals surface area (Å²) >= 11 is 0. The Morgan fingerprint density at radius 2 is 1.96 bits per heavy atom. The summed E-state index contributed by atoms with van der Waals surface area (Å²) < 4.78 is 36.3. The van der Waals surface area contributed by atoms with E-state index >= 15 is 0 Å². The van der Waals surface area contributed by atoms with Gasteiger partial charge in [0.1, 0.15) is 0 Å². The molecule has 1 heterocycles. The molecule has 1 aliphatic heterocycles. The van der Waals surface area contributed by atoms with Crippen LogP contribution in [0, 0.1) is 0 Å². The summed E-state index contributed by atoms with van der Waals surface area (Å²) in [4.78, 5) is 20.0. The molecule has 134 valence electrons. The van der Waals surface area contributed by atoms with Gasteiger partial charge in [0.05, 0.1) is 13.2 Å². The highest BCUT2D eigenvalue weighted by molar-refractivity contribution is 5.73. The van der Waals surface area contributed by atoms with Crippen LogP contribution < -0.4 is 10.6 Å². The standard InChI is InChI=1S/C13H18N2O2.C2HF3O2/c1-9(15-13(16)17-2)10-3-4-12-8-14-6-5-11(12)7-10;3-2(4,5)1(6)7/h3-4,7,9,14H,5-6,8H2,1-2H3,(H,15,16);(H,6,7). The molecule has 1 unspecified atom stereocenters. The Hall–Kier alpha value is -2.29. The smallest absolute Gasteiger partial charge is 0.475 e. The average Bonchev–Trinajstić information content (AvgIpc) is 2.53. The van der Waals surface area contributed by atoms with Crippen molar-refractivity contribution in [2.24, 2.45) is 0 Å². The Labute approximate surface area is 137 Å². The van der Waals surface area contributed by atoms with Crippen LogP contribution in [0.25, 0.3) is 0 Å². The zero-order chi connectivity index (χ0) is 18.3. The Bertz CT molecular complexity index is 591. The summed E-state index contributed by atoms with van der Waals surface area (Å²) in [6.45, 7) is 3.92. The first-order valence-electron chi connectivity index (χ1n) is 7.12. The van der Waals surface area contributed by atoms with E-state index < -0.39 is 18.2 Å². The van der Waals surface area contributed by atoms with Gasteiger partial charge in [-0.3, -0.25) is 0 Å². The molecule has 0 saturated heterocycles. The highest BCUT2D eigenvalue weighted by Crippen LogP contribution is 2.20. The van der Waals surface area contributed by atoms with Gasteiger partial charge in [0.25, 0.3) is 0 Å². The van der Waals surface area contributed by atoms with Gasteiger partial charge in [-0.05, 0) is 36.6 Å². The fourth-order valence-corrected chi connectivity index (χ4v) is 2.09. The third-order valence-electron chi connectivity index (χ3n) is 3.38. The van der Waals surface area contributed by atoms with Crippen LogP contribution in [0.3, 0.4) is 0 Å². The van der Waals surface area contributed by atoms with E-state index in [9.17, 15) is 18.0 Å². The van der Waals surface area contributed by atoms with Gasteiger partial charge in [-0.1, -0.05) is 18.2 Å². The third-order valence-corrected chi connectivity index (χ3v) is 3.38. The zero-order valence-electron chi connectivity index (χ0n) is 13.2. The van der Waals surface area contributed by atoms with E-state index in [4.69, 9.17) is 9.90 Å². The lowest BCUT2D eigenvalue weighted by Crippen LogP contribution is -2.27. The number of carboxylic acids is 1. The lowest BCUT2D eigenvalue weighted by molar-refractivity contribution is -0.192. The van der Waals surface area contributed by atoms with E-state index in [1.54, 1.807) is 0 Å². The molecule has 0 aliphatic carbocycles. The average molecular weight is 348 g/mol. The number of carbonyl (C=O) groups is 2. The van der Waals surface area contributed by atoms with Crippen LogP contribution in [-0.4, -0.2) is 37.0 Å². The van der Waals surface area contributed by atoms with Gasteiger partial charge in [0.2, 0.25) is 0 Å². The van der Waals surface area contributed by atoms with Crippen LogP contribution in [0.15, 0.2) is 18.2 Å². The molecular weight excluding hydrogens is 329 g/mol. The highest BCUT2D eigenvalue weighted by atomic mass is 19.4. The van der Waals surface area contributed by atoms with Gasteiger partial charge >= 0.3 is 18.2 Å². The van der Waals surface area contributed by atoms with E-state index in [0.717, 1.165) is 25.1 Å². The number of benzene rings is 1. The molecule has 3 N–H and O–H groups in total. The molecule has 2 rings (SSSR count). The zero-order valence-corrected chi connectivity index (χ0v) is 13.2. The Morgan fingerprint density at radius 1 is 1.33 bits per heavy atom. The van der Waals surface area contributed by atoms with Crippen molar-refractivity contribution >= 4 is 12.1 Å². The van der Waals surface area contributed by atoms with Crippen molar-refractivity contribution in [3.8, 4) is 0 Å². The Morgan fingerprint density at radius 3 is 2.50 bits per heavy atom. The van der Waals surface area contributed by atoms with Crippen LogP contribution in [-0.2, 0) is 22.5 Å². The fraction of sp³-hybridized carbons (Fsp3) is 0.467. The van der Waals surface area contributed by atoms with Crippen LogP contribution in [0.2, 0.25) is 0 Å². The molecule has 1 aromatic carbocycles. The first-order valence-corrected chi connectivity index (χ1v) is 7.12. The van der Waals surface area contributed by atoms with Crippen LogP contribution in [0.4, 0.5) is 18.0 Å². The van der Waals surface area contributed by atoms with Crippen molar-refractivity contribution in [2.75, 3.05) is 13.7 Å². The number of halogens is 3. The van der Waals surface area contributed by atoms with Gasteiger partial charge in [0, 0.05) is 6.54 Å². The molecular formula is C15H19F3N2O4. The van der Waals surface area contributed by atoms with E-state index in [0.29, 0.717) is 0 Å². The normalized spacial score (nSPS) is 14.5. The van der Waals surface area contributed by atoms with Crippen molar-refractivity contribution in [3.05, 3.63) is 34.9 Å². The van der Waals surface area contributed by atoms with E-state index in [2.05, 4.69) is 33.6 Å². The minimum atomic E-state index is -5.08. The molecule has 9 heteroatoms. The largest absolute Gasteiger partial charge is 0.490 e. The van der Waals surface area contributed by atoms with Crippen LogP contribution >= 0.6 is 0 Å². The molecule has 6 nitrogen and oxygen atoms in total. The summed E-state index contributed by atoms with van der Waals surface area (Å²) in [5.41, 5.74) is 3.85. The van der Waals surface area contributed by atoms with Gasteiger partial charge in [-0.2, -0.15) is 13.2 Å². The number of hydrogen-bond acceptors (Lipinski definition) is 4. The van der Waals surface area contributed by atoms with Crippen molar-refractivity contribution in [1.29, 1.82) is 0 Å². The second-order valence-electron chi connectivity index (χ2n) is 5.12. The predicted octanol–water partition coefficient (Wildman–Crippen LogP) is 2.38. The van der Waals surface area contributed by atoms with Gasteiger partial charge in [-0.15, -0.1) is 0 Å². The number of nitrogens with one attached hydrogen (secondary N) is 2. The van der Waals surface area contributed by atoms with Crippen LogP contribution in [0.5, 0.6) is 0 Å². The number of aliphatic carboxylic acids is 1. The van der Waals surface area contributed by atoms with Crippen molar-refractivity contribution in [1.82, 2.24) is 10.6 Å². The summed E-state index contributed by atoms with van der Waals surface area (Å²) in [7, 11) is 1.38. The molecule has 1 amide bonds. The van der Waals surface area contributed by atoms with E-state index in [1.165, 1.54) is 18.2 Å². The minimum Gasteiger partial charge on any atom is -0.475 e. The van der Waals surface area contributed by atoms with Crippen LogP contribution in [0.1, 0.15) is 29.7 Å². The number of alkyl carbamates (subject to hydrolysis) is 1. The Kier molecular flexibility index (Phi) is 7.02. The number of hydrogen-bond donors (Lipinski definition) is 3. The number of fused-ring (bicyclic) bond motifs is 1. The maximum Gasteiger partial charge on any atom is 0.490 e. The molecule has 1 atom stereocenters. The van der Waals surface area contributed by atoms with Crippen molar-refractivity contribution in [2.45, 2.75) is 32.1 Å². The lowest BCUT2D eigenvalue weighted by atomic mass is 9.96. The minimum absolute atomic E-state index is 0.0253. The molecule has 1 aromatic rings. The second-order valence-corrected chi connectivity index (χ2v) is 5.12. The number of methoxy groups -OCH3 is 1. The molecule has 1 aliphatic rings. The van der Waals surface area contributed by atoms with Gasteiger partial charge in [-0.25, -0.2) is 9.59 Å². The van der Waals surface area contributed by atoms with Crippen molar-refractivity contribution < 1.29 is 32.6 Å². The van der Waals surface area contributed by atoms with Crippen molar-refractivity contribution in [3.63, 3.8) is 0 Å². The van der Waals surface area contributed by atoms with E-state index in [1.807, 2.05) is 6.92 Å². The summed E-state index contributed by atoms with van der Waals surface area (Å²) in [6.07, 6.45) is -4.43. The quantitative estimate of drug-likeness (QED) is 0.764.